The van der Waals surface area contributed by atoms with E-state index in [-0.39, 0.29) is 5.97 Å². The highest BCUT2D eigenvalue weighted by Crippen LogP contribution is 2.25. The van der Waals surface area contributed by atoms with Crippen LogP contribution < -0.4 is 5.73 Å². The molecule has 2 N–H and O–H groups in total. The zero-order valence-electron chi connectivity index (χ0n) is 12.0. The van der Waals surface area contributed by atoms with Crippen LogP contribution in [0.2, 0.25) is 0 Å². The lowest BCUT2D eigenvalue weighted by atomic mass is 9.96. The first kappa shape index (κ1) is 14.6. The molecule has 18 heavy (non-hydrogen) atoms. The van der Waals surface area contributed by atoms with E-state index >= 15 is 0 Å². The molecule has 0 aliphatic rings. The van der Waals surface area contributed by atoms with Crippen LogP contribution in [0.4, 0.5) is 5.69 Å². The summed E-state index contributed by atoms with van der Waals surface area (Å²) in [5.74, 6) is -0.327. The molecule has 3 heteroatoms. The molecule has 0 aliphatic heterocycles. The lowest BCUT2D eigenvalue weighted by molar-refractivity contribution is 0.00695. The van der Waals surface area contributed by atoms with Crippen LogP contribution in [0, 0.1) is 6.92 Å². The van der Waals surface area contributed by atoms with Crippen LogP contribution in [-0.2, 0) is 11.2 Å². The van der Waals surface area contributed by atoms with Gasteiger partial charge in [0.05, 0.1) is 5.56 Å². The van der Waals surface area contributed by atoms with E-state index in [4.69, 9.17) is 10.5 Å². The number of anilines is 1. The van der Waals surface area contributed by atoms with Crippen molar-refractivity contribution in [2.24, 2.45) is 0 Å². The summed E-state index contributed by atoms with van der Waals surface area (Å²) in [5, 5.41) is 0. The number of nitrogen functional groups attached to an aromatic ring is 1. The van der Waals surface area contributed by atoms with E-state index in [1.54, 1.807) is 6.07 Å². The van der Waals surface area contributed by atoms with Gasteiger partial charge in [-0.2, -0.15) is 0 Å². The van der Waals surface area contributed by atoms with Gasteiger partial charge in [0.2, 0.25) is 0 Å². The van der Waals surface area contributed by atoms with Crippen LogP contribution in [0.3, 0.4) is 0 Å². The molecule has 1 aromatic carbocycles. The summed E-state index contributed by atoms with van der Waals surface area (Å²) in [5.41, 5.74) is 8.56. The van der Waals surface area contributed by atoms with Gasteiger partial charge in [-0.15, -0.1) is 0 Å². The van der Waals surface area contributed by atoms with Gasteiger partial charge in [-0.3, -0.25) is 0 Å². The average Bonchev–Trinajstić information content (AvgIpc) is 2.21. The number of ether oxygens (including phenoxy) is 1. The van der Waals surface area contributed by atoms with Gasteiger partial charge < -0.3 is 10.5 Å². The van der Waals surface area contributed by atoms with Crippen molar-refractivity contribution in [3.05, 3.63) is 28.8 Å². The minimum atomic E-state index is -0.503. The Kier molecular flexibility index (Phi) is 4.38. The van der Waals surface area contributed by atoms with E-state index in [0.717, 1.165) is 24.0 Å². The molecule has 0 heterocycles. The normalized spacial score (nSPS) is 11.4. The Bertz CT molecular complexity index is 445. The Morgan fingerprint density at radius 2 is 1.94 bits per heavy atom. The van der Waals surface area contributed by atoms with Crippen LogP contribution in [-0.4, -0.2) is 11.6 Å². The van der Waals surface area contributed by atoms with Crippen molar-refractivity contribution in [3.63, 3.8) is 0 Å². The number of rotatable bonds is 3. The summed E-state index contributed by atoms with van der Waals surface area (Å²) in [6.07, 6.45) is 1.81. The Morgan fingerprint density at radius 1 is 1.33 bits per heavy atom. The molecule has 0 unspecified atom stereocenters. The minimum Gasteiger partial charge on any atom is -0.456 e. The zero-order chi connectivity index (χ0) is 13.9. The molecule has 0 spiro atoms. The first-order chi connectivity index (χ1) is 8.26. The molecule has 0 atom stereocenters. The van der Waals surface area contributed by atoms with Crippen molar-refractivity contribution in [1.82, 2.24) is 0 Å². The smallest absolute Gasteiger partial charge is 0.341 e. The monoisotopic (exact) mass is 249 g/mol. The van der Waals surface area contributed by atoms with Crippen LogP contribution in [0.15, 0.2) is 12.1 Å². The predicted octanol–water partition coefficient (Wildman–Crippen LogP) is 3.49. The van der Waals surface area contributed by atoms with Gasteiger partial charge in [-0.1, -0.05) is 19.4 Å². The van der Waals surface area contributed by atoms with Crippen LogP contribution in [0.5, 0.6) is 0 Å². The van der Waals surface area contributed by atoms with Gasteiger partial charge in [-0.25, -0.2) is 4.79 Å². The van der Waals surface area contributed by atoms with Crippen molar-refractivity contribution in [3.8, 4) is 0 Å². The maximum absolute atomic E-state index is 12.2. The first-order valence-corrected chi connectivity index (χ1v) is 6.37. The molecule has 0 aliphatic carbocycles. The minimum absolute atomic E-state index is 0.327. The van der Waals surface area contributed by atoms with Gasteiger partial charge in [-0.05, 0) is 51.3 Å². The van der Waals surface area contributed by atoms with Gasteiger partial charge in [0.25, 0.3) is 0 Å². The number of aryl methyl sites for hydroxylation is 1. The van der Waals surface area contributed by atoms with Crippen molar-refractivity contribution in [1.29, 1.82) is 0 Å². The topological polar surface area (TPSA) is 52.3 Å². The Morgan fingerprint density at radius 3 is 2.44 bits per heavy atom. The zero-order valence-corrected chi connectivity index (χ0v) is 12.0. The van der Waals surface area contributed by atoms with E-state index in [0.29, 0.717) is 11.3 Å². The fourth-order valence-corrected chi connectivity index (χ4v) is 1.91. The highest BCUT2D eigenvalue weighted by atomic mass is 16.6. The van der Waals surface area contributed by atoms with Crippen molar-refractivity contribution in [2.45, 2.75) is 53.1 Å². The molecule has 0 aromatic heterocycles. The first-order valence-electron chi connectivity index (χ1n) is 6.37. The lowest BCUT2D eigenvalue weighted by Crippen LogP contribution is -2.25. The average molecular weight is 249 g/mol. The molecule has 0 saturated carbocycles. The van der Waals surface area contributed by atoms with Crippen molar-refractivity contribution in [2.75, 3.05) is 5.73 Å². The van der Waals surface area contributed by atoms with E-state index in [1.807, 2.05) is 33.8 Å². The van der Waals surface area contributed by atoms with Gasteiger partial charge in [0.1, 0.15) is 5.60 Å². The lowest BCUT2D eigenvalue weighted by Gasteiger charge is -2.22. The number of benzene rings is 1. The van der Waals surface area contributed by atoms with Crippen molar-refractivity contribution < 1.29 is 9.53 Å². The summed E-state index contributed by atoms with van der Waals surface area (Å²) >= 11 is 0. The highest BCUT2D eigenvalue weighted by Gasteiger charge is 2.23. The SMILES string of the molecule is CCCc1c(C)ccc(N)c1C(=O)OC(C)(C)C. The number of nitrogens with two attached hydrogens (primary N) is 1. The second kappa shape index (κ2) is 5.42. The molecule has 1 aromatic rings. The van der Waals surface area contributed by atoms with Crippen molar-refractivity contribution >= 4 is 11.7 Å². The molecular formula is C15H23NO2. The predicted molar refractivity (Wildman–Crippen MR) is 74.8 cm³/mol. The van der Waals surface area contributed by atoms with E-state index in [1.165, 1.54) is 0 Å². The molecule has 1 rings (SSSR count). The van der Waals surface area contributed by atoms with Gasteiger partial charge in [0.15, 0.2) is 0 Å². The third-order valence-electron chi connectivity index (χ3n) is 2.68. The molecule has 0 amide bonds. The third kappa shape index (κ3) is 3.49. The third-order valence-corrected chi connectivity index (χ3v) is 2.68. The largest absolute Gasteiger partial charge is 0.456 e. The number of carbonyl (C=O) groups excluding carboxylic acids is 1. The molecule has 0 saturated heterocycles. The number of hydrogen-bond donors (Lipinski definition) is 1. The molecule has 0 radical (unpaired) electrons. The summed E-state index contributed by atoms with van der Waals surface area (Å²) in [6.45, 7) is 9.66. The van der Waals surface area contributed by atoms with E-state index in [9.17, 15) is 4.79 Å². The maximum atomic E-state index is 12.2. The summed E-state index contributed by atoms with van der Waals surface area (Å²) < 4.78 is 5.43. The fourth-order valence-electron chi connectivity index (χ4n) is 1.91. The summed E-state index contributed by atoms with van der Waals surface area (Å²) in [6, 6.07) is 3.72. The van der Waals surface area contributed by atoms with E-state index < -0.39 is 5.60 Å². The van der Waals surface area contributed by atoms with Crippen LogP contribution in [0.25, 0.3) is 0 Å². The second-order valence-electron chi connectivity index (χ2n) is 5.58. The number of carbonyl (C=O) groups is 1. The quantitative estimate of drug-likeness (QED) is 0.659. The van der Waals surface area contributed by atoms with Gasteiger partial charge in [0, 0.05) is 5.69 Å². The second-order valence-corrected chi connectivity index (χ2v) is 5.58. The van der Waals surface area contributed by atoms with Crippen LogP contribution >= 0.6 is 0 Å². The molecule has 3 nitrogen and oxygen atoms in total. The highest BCUT2D eigenvalue weighted by molar-refractivity contribution is 5.97. The molecular weight excluding hydrogens is 226 g/mol. The summed E-state index contributed by atoms with van der Waals surface area (Å²) in [4.78, 5) is 12.2. The maximum Gasteiger partial charge on any atom is 0.341 e. The summed E-state index contributed by atoms with van der Waals surface area (Å²) in [7, 11) is 0. The molecule has 0 fully saturated rings. The Hall–Kier alpha value is -1.51. The number of esters is 1. The molecule has 100 valence electrons. The Balaban J connectivity index is 3.21. The van der Waals surface area contributed by atoms with Gasteiger partial charge >= 0.3 is 5.97 Å². The number of hydrogen-bond acceptors (Lipinski definition) is 3. The fraction of sp³-hybridized carbons (Fsp3) is 0.533. The standard InChI is InChI=1S/C15H23NO2/c1-6-7-11-10(2)8-9-12(16)13(11)14(17)18-15(3,4)5/h8-9H,6-7,16H2,1-5H3. The molecule has 0 bridgehead atoms. The van der Waals surface area contributed by atoms with Crippen LogP contribution in [0.1, 0.15) is 55.6 Å². The van der Waals surface area contributed by atoms with E-state index in [2.05, 4.69) is 6.92 Å². The Labute approximate surface area is 109 Å².